The summed E-state index contributed by atoms with van der Waals surface area (Å²) in [5, 5.41) is 0. The molecule has 0 radical (unpaired) electrons. The number of hydrogen-bond acceptors (Lipinski definition) is 2. The van der Waals surface area contributed by atoms with Crippen molar-refractivity contribution in [1.82, 2.24) is 4.31 Å². The fraction of sp³-hybridized carbons (Fsp3) is 1.00. The summed E-state index contributed by atoms with van der Waals surface area (Å²) in [5.41, 5.74) is 0.389. The highest BCUT2D eigenvalue weighted by molar-refractivity contribution is 7.89. The summed E-state index contributed by atoms with van der Waals surface area (Å²) in [6, 6.07) is 0. The van der Waals surface area contributed by atoms with E-state index in [2.05, 4.69) is 13.8 Å². The molecule has 1 aliphatic heterocycles. The third kappa shape index (κ3) is 2.35. The van der Waals surface area contributed by atoms with E-state index in [9.17, 15) is 8.42 Å². The van der Waals surface area contributed by atoms with Gasteiger partial charge in [0, 0.05) is 13.1 Å². The van der Waals surface area contributed by atoms with Gasteiger partial charge in [0.25, 0.3) is 0 Å². The average molecular weight is 285 g/mol. The predicted molar refractivity (Wildman–Crippen MR) is 77.3 cm³/mol. The Morgan fingerprint density at radius 1 is 1.11 bits per heavy atom. The van der Waals surface area contributed by atoms with Crippen LogP contribution >= 0.6 is 0 Å². The van der Waals surface area contributed by atoms with Crippen molar-refractivity contribution in [2.24, 2.45) is 23.2 Å². The number of sulfonamides is 1. The molecule has 0 spiro atoms. The van der Waals surface area contributed by atoms with Gasteiger partial charge in [-0.1, -0.05) is 20.3 Å². The zero-order valence-corrected chi connectivity index (χ0v) is 13.1. The minimum absolute atomic E-state index is 0.389. The van der Waals surface area contributed by atoms with Crippen molar-refractivity contribution in [3.63, 3.8) is 0 Å². The van der Waals surface area contributed by atoms with Gasteiger partial charge >= 0.3 is 0 Å². The molecule has 0 aromatic carbocycles. The number of hydrogen-bond donors (Lipinski definition) is 0. The molecule has 0 aromatic heterocycles. The largest absolute Gasteiger partial charge is 0.214 e. The highest BCUT2D eigenvalue weighted by Crippen LogP contribution is 2.61. The lowest BCUT2D eigenvalue weighted by Crippen LogP contribution is -2.54. The Morgan fingerprint density at radius 2 is 1.79 bits per heavy atom. The molecule has 3 saturated carbocycles. The molecule has 0 unspecified atom stereocenters. The molecule has 0 N–H and O–H groups in total. The average Bonchev–Trinajstić information content (AvgIpc) is 2.39. The van der Waals surface area contributed by atoms with Gasteiger partial charge in [-0.25, -0.2) is 12.7 Å². The van der Waals surface area contributed by atoms with E-state index in [1.807, 2.05) is 0 Å². The molecule has 2 bridgehead atoms. The first kappa shape index (κ1) is 13.9. The molecule has 0 aromatic rings. The van der Waals surface area contributed by atoms with Crippen molar-refractivity contribution < 1.29 is 8.42 Å². The van der Waals surface area contributed by atoms with Gasteiger partial charge in [-0.3, -0.25) is 0 Å². The van der Waals surface area contributed by atoms with E-state index in [0.717, 1.165) is 38.3 Å². The number of piperidine rings is 1. The van der Waals surface area contributed by atoms with Gasteiger partial charge in [-0.2, -0.15) is 0 Å². The Kier molecular flexibility index (Phi) is 3.45. The number of fused-ring (bicyclic) bond motifs is 2. The summed E-state index contributed by atoms with van der Waals surface area (Å²) < 4.78 is 26.9. The first-order valence-corrected chi connectivity index (χ1v) is 9.50. The molecule has 4 rings (SSSR count). The lowest BCUT2D eigenvalue weighted by atomic mass is 9.46. The van der Waals surface area contributed by atoms with Gasteiger partial charge in [0.1, 0.15) is 0 Å². The Hall–Kier alpha value is -0.0900. The summed E-state index contributed by atoms with van der Waals surface area (Å²) in [6.07, 6.45) is 6.91. The molecule has 110 valence electrons. The van der Waals surface area contributed by atoms with Gasteiger partial charge in [0.05, 0.1) is 5.75 Å². The van der Waals surface area contributed by atoms with Crippen molar-refractivity contribution in [1.29, 1.82) is 0 Å². The van der Waals surface area contributed by atoms with Gasteiger partial charge in [-0.05, 0) is 55.3 Å². The van der Waals surface area contributed by atoms with Gasteiger partial charge < -0.3 is 0 Å². The SMILES string of the molecule is CC1(C)[C@H]2CC[C@@H](CS(=O)(=O)N3CCCCC3)[C@@H]1C2. The molecule has 0 amide bonds. The second-order valence-electron chi connectivity index (χ2n) is 7.44. The molecular formula is C15H27NO2S. The first-order valence-electron chi connectivity index (χ1n) is 7.89. The summed E-state index contributed by atoms with van der Waals surface area (Å²) in [5.74, 6) is 2.32. The lowest BCUT2D eigenvalue weighted by Gasteiger charge is -2.60. The molecule has 3 aliphatic carbocycles. The fourth-order valence-electron chi connectivity index (χ4n) is 4.68. The van der Waals surface area contributed by atoms with E-state index in [-0.39, 0.29) is 0 Å². The van der Waals surface area contributed by atoms with Crippen LogP contribution in [-0.4, -0.2) is 31.6 Å². The number of nitrogens with zero attached hydrogens (tertiary/aromatic N) is 1. The van der Waals surface area contributed by atoms with Crippen molar-refractivity contribution in [3.05, 3.63) is 0 Å². The maximum atomic E-state index is 12.6. The van der Waals surface area contributed by atoms with Crippen LogP contribution in [0.2, 0.25) is 0 Å². The van der Waals surface area contributed by atoms with Crippen molar-refractivity contribution >= 4 is 10.0 Å². The van der Waals surface area contributed by atoms with Crippen molar-refractivity contribution in [3.8, 4) is 0 Å². The van der Waals surface area contributed by atoms with E-state index in [0.29, 0.717) is 23.0 Å². The maximum Gasteiger partial charge on any atom is 0.214 e. The van der Waals surface area contributed by atoms with E-state index in [1.54, 1.807) is 4.31 Å². The van der Waals surface area contributed by atoms with Crippen molar-refractivity contribution in [2.45, 2.75) is 52.4 Å². The van der Waals surface area contributed by atoms with Gasteiger partial charge in [0.15, 0.2) is 0 Å². The lowest BCUT2D eigenvalue weighted by molar-refractivity contribution is -0.0979. The minimum Gasteiger partial charge on any atom is -0.212 e. The Morgan fingerprint density at radius 3 is 2.37 bits per heavy atom. The standard InChI is InChI=1S/C15H27NO2S/c1-15(2)13-7-6-12(14(15)10-13)11-19(17,18)16-8-4-3-5-9-16/h12-14H,3-11H2,1-2H3/t12-,13-,14-/m0/s1. The third-order valence-corrected chi connectivity index (χ3v) is 8.14. The predicted octanol–water partition coefficient (Wildman–Crippen LogP) is 2.87. The zero-order valence-electron chi connectivity index (χ0n) is 12.3. The van der Waals surface area contributed by atoms with Crippen molar-refractivity contribution in [2.75, 3.05) is 18.8 Å². The molecule has 3 atom stereocenters. The van der Waals surface area contributed by atoms with E-state index < -0.39 is 10.0 Å². The van der Waals surface area contributed by atoms with Gasteiger partial charge in [0.2, 0.25) is 10.0 Å². The van der Waals surface area contributed by atoms with Crippen LogP contribution in [0.3, 0.4) is 0 Å². The summed E-state index contributed by atoms with van der Waals surface area (Å²) >= 11 is 0. The fourth-order valence-corrected chi connectivity index (χ4v) is 6.65. The van der Waals surface area contributed by atoms with Crippen LogP contribution in [0.25, 0.3) is 0 Å². The smallest absolute Gasteiger partial charge is 0.212 e. The van der Waals surface area contributed by atoms with Crippen LogP contribution < -0.4 is 0 Å². The zero-order chi connectivity index (χ0) is 13.7. The molecule has 1 saturated heterocycles. The van der Waals surface area contributed by atoms with Crippen LogP contribution in [-0.2, 0) is 10.0 Å². The van der Waals surface area contributed by atoms with Gasteiger partial charge in [-0.15, -0.1) is 0 Å². The Bertz CT molecular complexity index is 435. The van der Waals surface area contributed by atoms with Crippen LogP contribution in [0.5, 0.6) is 0 Å². The Balaban J connectivity index is 1.67. The highest BCUT2D eigenvalue weighted by atomic mass is 32.2. The normalized spacial score (nSPS) is 38.7. The molecular weight excluding hydrogens is 258 g/mol. The molecule has 4 fully saturated rings. The molecule has 1 heterocycles. The van der Waals surface area contributed by atoms with Crippen LogP contribution in [0, 0.1) is 23.2 Å². The second-order valence-corrected chi connectivity index (χ2v) is 9.45. The number of rotatable bonds is 3. The summed E-state index contributed by atoms with van der Waals surface area (Å²) in [4.78, 5) is 0. The molecule has 4 aliphatic rings. The molecule has 19 heavy (non-hydrogen) atoms. The van der Waals surface area contributed by atoms with Crippen LogP contribution in [0.15, 0.2) is 0 Å². The monoisotopic (exact) mass is 285 g/mol. The minimum atomic E-state index is -3.01. The topological polar surface area (TPSA) is 37.4 Å². The maximum absolute atomic E-state index is 12.6. The third-order valence-electron chi connectivity index (χ3n) is 6.13. The summed E-state index contributed by atoms with van der Waals surface area (Å²) in [7, 11) is -3.01. The quantitative estimate of drug-likeness (QED) is 0.799. The summed E-state index contributed by atoms with van der Waals surface area (Å²) in [6.45, 7) is 6.19. The second kappa shape index (κ2) is 4.73. The van der Waals surface area contributed by atoms with Crippen LogP contribution in [0.4, 0.5) is 0 Å². The van der Waals surface area contributed by atoms with E-state index in [1.165, 1.54) is 19.3 Å². The Labute approximate surface area is 117 Å². The van der Waals surface area contributed by atoms with Crippen LogP contribution in [0.1, 0.15) is 52.4 Å². The highest BCUT2D eigenvalue weighted by Gasteiger charge is 2.54. The first-order chi connectivity index (χ1) is 8.91. The van der Waals surface area contributed by atoms with E-state index >= 15 is 0 Å². The molecule has 3 nitrogen and oxygen atoms in total. The van der Waals surface area contributed by atoms with E-state index in [4.69, 9.17) is 0 Å². The molecule has 4 heteroatoms.